The molecule has 0 aliphatic carbocycles. The Balaban J connectivity index is 1.75. The van der Waals surface area contributed by atoms with Crippen molar-refractivity contribution in [2.45, 2.75) is 26.4 Å². The Labute approximate surface area is 124 Å². The van der Waals surface area contributed by atoms with Crippen LogP contribution in [0.1, 0.15) is 29.7 Å². The Kier molecular flexibility index (Phi) is 3.76. The maximum atomic E-state index is 13.6. The van der Waals surface area contributed by atoms with E-state index in [9.17, 15) is 4.39 Å². The van der Waals surface area contributed by atoms with Crippen molar-refractivity contribution in [1.82, 2.24) is 10.3 Å². The minimum absolute atomic E-state index is 0.106. The van der Waals surface area contributed by atoms with Crippen LogP contribution in [0.3, 0.4) is 0 Å². The predicted molar refractivity (Wildman–Crippen MR) is 84.7 cm³/mol. The maximum absolute atomic E-state index is 13.6. The average molecular weight is 282 g/mol. The molecule has 3 aromatic rings. The van der Waals surface area contributed by atoms with Crippen LogP contribution in [0.4, 0.5) is 4.39 Å². The number of nitrogens with one attached hydrogen (secondary N) is 2. The molecule has 0 bridgehead atoms. The molecule has 2 N–H and O–H groups in total. The second kappa shape index (κ2) is 5.70. The summed E-state index contributed by atoms with van der Waals surface area (Å²) in [5.74, 6) is -0.145. The largest absolute Gasteiger partial charge is 0.361 e. The van der Waals surface area contributed by atoms with Crippen LogP contribution in [-0.4, -0.2) is 4.98 Å². The summed E-state index contributed by atoms with van der Waals surface area (Å²) in [5, 5.41) is 4.69. The van der Waals surface area contributed by atoms with Crippen molar-refractivity contribution in [3.05, 3.63) is 71.2 Å². The number of aryl methyl sites for hydroxylation is 1. The number of aromatic amines is 1. The van der Waals surface area contributed by atoms with Crippen molar-refractivity contribution in [1.29, 1.82) is 0 Å². The summed E-state index contributed by atoms with van der Waals surface area (Å²) in [7, 11) is 0. The minimum Gasteiger partial charge on any atom is -0.361 e. The highest BCUT2D eigenvalue weighted by molar-refractivity contribution is 5.82. The van der Waals surface area contributed by atoms with Crippen molar-refractivity contribution in [3.8, 4) is 0 Å². The topological polar surface area (TPSA) is 27.8 Å². The first-order chi connectivity index (χ1) is 10.1. The van der Waals surface area contributed by atoms with E-state index in [1.807, 2.05) is 24.4 Å². The van der Waals surface area contributed by atoms with Gasteiger partial charge in [0.25, 0.3) is 0 Å². The molecule has 108 valence electrons. The van der Waals surface area contributed by atoms with Gasteiger partial charge < -0.3 is 10.3 Å². The summed E-state index contributed by atoms with van der Waals surface area (Å²) in [6.07, 6.45) is 1.95. The van der Waals surface area contributed by atoms with Gasteiger partial charge in [-0.15, -0.1) is 0 Å². The number of fused-ring (bicyclic) bond motifs is 1. The quantitative estimate of drug-likeness (QED) is 0.726. The molecule has 0 amide bonds. The highest BCUT2D eigenvalue weighted by Gasteiger charge is 2.08. The van der Waals surface area contributed by atoms with Crippen LogP contribution in [0.5, 0.6) is 0 Å². The summed E-state index contributed by atoms with van der Waals surface area (Å²) in [4.78, 5) is 3.22. The number of H-pyrrole nitrogens is 1. The molecule has 0 saturated heterocycles. The van der Waals surface area contributed by atoms with Crippen LogP contribution in [0.25, 0.3) is 10.9 Å². The Hall–Kier alpha value is -2.13. The van der Waals surface area contributed by atoms with Crippen molar-refractivity contribution in [2.24, 2.45) is 0 Å². The van der Waals surface area contributed by atoms with E-state index in [0.29, 0.717) is 5.56 Å². The van der Waals surface area contributed by atoms with Gasteiger partial charge in [-0.05, 0) is 48.7 Å². The third kappa shape index (κ3) is 2.83. The molecule has 3 rings (SSSR count). The van der Waals surface area contributed by atoms with E-state index in [1.54, 1.807) is 13.0 Å². The van der Waals surface area contributed by atoms with Gasteiger partial charge in [-0.25, -0.2) is 4.39 Å². The smallest absolute Gasteiger partial charge is 0.126 e. The molecular weight excluding hydrogens is 263 g/mol. The van der Waals surface area contributed by atoms with Crippen LogP contribution in [0.2, 0.25) is 0 Å². The molecule has 0 spiro atoms. The van der Waals surface area contributed by atoms with Crippen molar-refractivity contribution >= 4 is 10.9 Å². The maximum Gasteiger partial charge on any atom is 0.126 e. The molecular formula is C18H19FN2. The van der Waals surface area contributed by atoms with Gasteiger partial charge >= 0.3 is 0 Å². The summed E-state index contributed by atoms with van der Waals surface area (Å²) in [5.41, 5.74) is 4.04. The molecule has 2 aromatic carbocycles. The third-order valence-corrected chi connectivity index (χ3v) is 3.98. The molecule has 0 radical (unpaired) electrons. The Morgan fingerprint density at radius 2 is 2.05 bits per heavy atom. The lowest BCUT2D eigenvalue weighted by molar-refractivity contribution is 0.564. The third-order valence-electron chi connectivity index (χ3n) is 3.98. The Bertz CT molecular complexity index is 761. The van der Waals surface area contributed by atoms with E-state index in [4.69, 9.17) is 0 Å². The van der Waals surface area contributed by atoms with Gasteiger partial charge in [0, 0.05) is 29.7 Å². The fraction of sp³-hybridized carbons (Fsp3) is 0.222. The summed E-state index contributed by atoms with van der Waals surface area (Å²) < 4.78 is 13.6. The lowest BCUT2D eigenvalue weighted by atomic mass is 10.0. The molecule has 1 unspecified atom stereocenters. The molecule has 0 fully saturated rings. The van der Waals surface area contributed by atoms with Crippen LogP contribution in [0.15, 0.2) is 48.7 Å². The molecule has 3 heteroatoms. The summed E-state index contributed by atoms with van der Waals surface area (Å²) in [6, 6.07) is 13.8. The highest BCUT2D eigenvalue weighted by Crippen LogP contribution is 2.20. The second-order valence-corrected chi connectivity index (χ2v) is 5.47. The second-order valence-electron chi connectivity index (χ2n) is 5.47. The lowest BCUT2D eigenvalue weighted by Gasteiger charge is -2.15. The first kappa shape index (κ1) is 13.8. The molecule has 0 saturated carbocycles. The standard InChI is InChI=1S/C18H19FN2/c1-12-6-7-14(10-17(12)19)13(2)21-11-15-4-3-5-18-16(15)8-9-20-18/h3-10,13,20-21H,11H2,1-2H3. The molecule has 1 atom stereocenters. The predicted octanol–water partition coefficient (Wildman–Crippen LogP) is 4.47. The fourth-order valence-electron chi connectivity index (χ4n) is 2.56. The van der Waals surface area contributed by atoms with Crippen molar-refractivity contribution in [3.63, 3.8) is 0 Å². The van der Waals surface area contributed by atoms with E-state index in [2.05, 4.69) is 35.4 Å². The van der Waals surface area contributed by atoms with E-state index < -0.39 is 0 Å². The van der Waals surface area contributed by atoms with Gasteiger partial charge in [-0.3, -0.25) is 0 Å². The van der Waals surface area contributed by atoms with E-state index in [-0.39, 0.29) is 11.9 Å². The molecule has 21 heavy (non-hydrogen) atoms. The van der Waals surface area contributed by atoms with Gasteiger partial charge in [0.05, 0.1) is 0 Å². The number of hydrogen-bond donors (Lipinski definition) is 2. The monoisotopic (exact) mass is 282 g/mol. The van der Waals surface area contributed by atoms with Gasteiger partial charge in [-0.2, -0.15) is 0 Å². The molecule has 1 heterocycles. The molecule has 1 aromatic heterocycles. The first-order valence-electron chi connectivity index (χ1n) is 7.19. The summed E-state index contributed by atoms with van der Waals surface area (Å²) in [6.45, 7) is 4.59. The average Bonchev–Trinajstić information content (AvgIpc) is 2.96. The number of hydrogen-bond acceptors (Lipinski definition) is 1. The number of aromatic nitrogens is 1. The van der Waals surface area contributed by atoms with E-state index in [0.717, 1.165) is 17.6 Å². The SMILES string of the molecule is Cc1ccc(C(C)NCc2cccc3[nH]ccc23)cc1F. The lowest BCUT2D eigenvalue weighted by Crippen LogP contribution is -2.18. The Morgan fingerprint density at radius 1 is 1.19 bits per heavy atom. The normalized spacial score (nSPS) is 12.7. The molecule has 2 nitrogen and oxygen atoms in total. The first-order valence-corrected chi connectivity index (χ1v) is 7.19. The van der Waals surface area contributed by atoms with E-state index in [1.165, 1.54) is 10.9 Å². The van der Waals surface area contributed by atoms with Crippen molar-refractivity contribution < 1.29 is 4.39 Å². The van der Waals surface area contributed by atoms with Crippen LogP contribution >= 0.6 is 0 Å². The Morgan fingerprint density at radius 3 is 2.86 bits per heavy atom. The summed E-state index contributed by atoms with van der Waals surface area (Å²) >= 11 is 0. The van der Waals surface area contributed by atoms with Gasteiger partial charge in [0.2, 0.25) is 0 Å². The highest BCUT2D eigenvalue weighted by atomic mass is 19.1. The van der Waals surface area contributed by atoms with Crippen LogP contribution in [-0.2, 0) is 6.54 Å². The number of benzene rings is 2. The van der Waals surface area contributed by atoms with Crippen LogP contribution in [0, 0.1) is 12.7 Å². The fourth-order valence-corrected chi connectivity index (χ4v) is 2.56. The zero-order chi connectivity index (χ0) is 14.8. The number of halogens is 1. The zero-order valence-electron chi connectivity index (χ0n) is 12.3. The molecule has 0 aliphatic rings. The number of rotatable bonds is 4. The minimum atomic E-state index is -0.145. The van der Waals surface area contributed by atoms with Gasteiger partial charge in [0.15, 0.2) is 0 Å². The van der Waals surface area contributed by atoms with E-state index >= 15 is 0 Å². The van der Waals surface area contributed by atoms with Crippen LogP contribution < -0.4 is 5.32 Å². The van der Waals surface area contributed by atoms with Gasteiger partial charge in [-0.1, -0.05) is 24.3 Å². The van der Waals surface area contributed by atoms with Crippen molar-refractivity contribution in [2.75, 3.05) is 0 Å². The van der Waals surface area contributed by atoms with Gasteiger partial charge in [0.1, 0.15) is 5.82 Å². The zero-order valence-corrected chi connectivity index (χ0v) is 12.3. The molecule has 0 aliphatic heterocycles.